The molecule has 0 saturated heterocycles. The molecule has 2 N–H and O–H groups in total. The van der Waals surface area contributed by atoms with Crippen molar-refractivity contribution in [3.63, 3.8) is 0 Å². The molecule has 0 aromatic heterocycles. The van der Waals surface area contributed by atoms with Gasteiger partial charge >= 0.3 is 5.97 Å². The molecule has 300 valence electrons. The van der Waals surface area contributed by atoms with Crippen molar-refractivity contribution in [3.05, 3.63) is 195 Å². The third-order valence-corrected chi connectivity index (χ3v) is 11.7. The lowest BCUT2D eigenvalue weighted by Gasteiger charge is -2.38. The maximum absolute atomic E-state index is 13.9. The van der Waals surface area contributed by atoms with Crippen LogP contribution in [0.2, 0.25) is 0 Å². The van der Waals surface area contributed by atoms with Crippen molar-refractivity contribution >= 4 is 40.1 Å². The molecule has 7 aromatic rings. The van der Waals surface area contributed by atoms with E-state index in [9.17, 15) is 15.0 Å². The summed E-state index contributed by atoms with van der Waals surface area (Å²) in [4.78, 5) is 18.2. The minimum Gasteiger partial charge on any atom is -0.497 e. The number of rotatable bonds is 9. The second kappa shape index (κ2) is 15.1. The number of esters is 1. The number of ether oxygens (including phenoxy) is 3. The van der Waals surface area contributed by atoms with Gasteiger partial charge in [-0.2, -0.15) is 0 Å². The number of aliphatic hydroxyl groups excluding tert-OH is 2. The van der Waals surface area contributed by atoms with Crippen molar-refractivity contribution in [2.75, 3.05) is 16.9 Å². The number of fused-ring (bicyclic) bond motifs is 6. The molecular formula is C52H46N2O6. The Morgan fingerprint density at radius 1 is 0.567 bits per heavy atom. The molecule has 7 aromatic carbocycles. The molecule has 0 radical (unpaired) electrons. The minimum atomic E-state index is -1.29. The second-order valence-electron chi connectivity index (χ2n) is 15.8. The summed E-state index contributed by atoms with van der Waals surface area (Å²) < 4.78 is 19.2. The summed E-state index contributed by atoms with van der Waals surface area (Å²) in [7, 11) is 1.66. The average Bonchev–Trinajstić information content (AvgIpc) is 3.54. The predicted molar refractivity (Wildman–Crippen MR) is 236 cm³/mol. The number of hydrogen-bond donors (Lipinski definition) is 2. The highest BCUT2D eigenvalue weighted by atomic mass is 16.6. The number of aryl methyl sites for hydroxylation is 5. The molecule has 1 atom stereocenters. The molecule has 0 amide bonds. The maximum atomic E-state index is 13.9. The molecule has 8 nitrogen and oxygen atoms in total. The van der Waals surface area contributed by atoms with Gasteiger partial charge in [0.25, 0.3) is 0 Å². The first kappa shape index (κ1) is 38.6. The van der Waals surface area contributed by atoms with E-state index in [4.69, 9.17) is 14.2 Å². The zero-order chi connectivity index (χ0) is 41.9. The van der Waals surface area contributed by atoms with Crippen molar-refractivity contribution in [3.8, 4) is 17.2 Å². The van der Waals surface area contributed by atoms with Crippen LogP contribution in [0, 0.1) is 34.6 Å². The van der Waals surface area contributed by atoms with Crippen molar-refractivity contribution in [2.24, 2.45) is 0 Å². The normalized spacial score (nSPS) is 14.8. The molecule has 2 aliphatic rings. The fourth-order valence-corrected chi connectivity index (χ4v) is 9.24. The highest BCUT2D eigenvalue weighted by molar-refractivity contribution is 5.97. The zero-order valence-corrected chi connectivity index (χ0v) is 34.5. The Hall–Kier alpha value is -6.87. The van der Waals surface area contributed by atoms with Gasteiger partial charge in [0.1, 0.15) is 17.2 Å². The average molecular weight is 795 g/mol. The van der Waals surface area contributed by atoms with Crippen LogP contribution in [0.1, 0.15) is 66.0 Å². The van der Waals surface area contributed by atoms with E-state index in [1.54, 1.807) is 7.11 Å². The highest BCUT2D eigenvalue weighted by Gasteiger charge is 2.53. The van der Waals surface area contributed by atoms with Crippen molar-refractivity contribution in [1.29, 1.82) is 0 Å². The van der Waals surface area contributed by atoms with E-state index < -0.39 is 11.6 Å². The van der Waals surface area contributed by atoms with E-state index in [0.717, 1.165) is 78.8 Å². The van der Waals surface area contributed by atoms with Gasteiger partial charge < -0.3 is 34.2 Å². The molecule has 0 aliphatic carbocycles. The monoisotopic (exact) mass is 794 g/mol. The van der Waals surface area contributed by atoms with Crippen molar-refractivity contribution in [2.45, 2.75) is 53.4 Å². The topological polar surface area (TPSA) is 91.7 Å². The Morgan fingerprint density at radius 3 is 1.65 bits per heavy atom. The molecule has 9 rings (SSSR count). The summed E-state index contributed by atoms with van der Waals surface area (Å²) in [6.45, 7) is 10.2. The number of aliphatic hydroxyl groups is 2. The molecule has 0 saturated carbocycles. The number of hydrogen-bond acceptors (Lipinski definition) is 8. The van der Waals surface area contributed by atoms with Crippen LogP contribution in [-0.2, 0) is 23.6 Å². The van der Waals surface area contributed by atoms with Crippen LogP contribution in [0.5, 0.6) is 17.2 Å². The van der Waals surface area contributed by atoms with Crippen molar-refractivity contribution < 1.29 is 29.2 Å². The van der Waals surface area contributed by atoms with Gasteiger partial charge in [-0.3, -0.25) is 0 Å². The molecule has 0 bridgehead atoms. The van der Waals surface area contributed by atoms with E-state index in [1.165, 1.54) is 5.56 Å². The lowest BCUT2D eigenvalue weighted by molar-refractivity contribution is 0.0224. The maximum Gasteiger partial charge on any atom is 0.340 e. The fraction of sp³-hybridized carbons (Fsp3) is 0.173. The predicted octanol–water partition coefficient (Wildman–Crippen LogP) is 11.7. The molecular weight excluding hydrogens is 749 g/mol. The smallest absolute Gasteiger partial charge is 0.340 e. The van der Waals surface area contributed by atoms with Crippen LogP contribution in [0.15, 0.2) is 133 Å². The van der Waals surface area contributed by atoms with Gasteiger partial charge in [-0.1, -0.05) is 65.7 Å². The lowest BCUT2D eigenvalue weighted by Crippen LogP contribution is -2.33. The van der Waals surface area contributed by atoms with E-state index in [0.29, 0.717) is 28.2 Å². The van der Waals surface area contributed by atoms with Crippen LogP contribution in [0.4, 0.5) is 34.1 Å². The number of benzene rings is 7. The first-order valence-corrected chi connectivity index (χ1v) is 20.1. The van der Waals surface area contributed by atoms with Crippen LogP contribution in [0.25, 0.3) is 0 Å². The molecule has 8 heteroatoms. The Labute approximate surface area is 350 Å². The Balaban J connectivity index is 1.27. The molecule has 2 aliphatic heterocycles. The molecule has 1 spiro atoms. The number of carbonyl (C=O) groups is 1. The van der Waals surface area contributed by atoms with Crippen LogP contribution in [-0.4, -0.2) is 23.3 Å². The molecule has 0 fully saturated rings. The summed E-state index contributed by atoms with van der Waals surface area (Å²) in [5, 5.41) is 20.6. The van der Waals surface area contributed by atoms with Gasteiger partial charge in [0.05, 0.1) is 37.3 Å². The summed E-state index contributed by atoms with van der Waals surface area (Å²) in [6.07, 6.45) is 0. The second-order valence-corrected chi connectivity index (χ2v) is 15.8. The largest absolute Gasteiger partial charge is 0.497 e. The van der Waals surface area contributed by atoms with E-state index in [1.807, 2.05) is 123 Å². The van der Waals surface area contributed by atoms with Crippen LogP contribution >= 0.6 is 0 Å². The van der Waals surface area contributed by atoms with E-state index >= 15 is 0 Å². The number of methoxy groups -OCH3 is 1. The summed E-state index contributed by atoms with van der Waals surface area (Å²) in [6, 6.07) is 43.9. The van der Waals surface area contributed by atoms with Gasteiger partial charge in [-0.15, -0.1) is 0 Å². The zero-order valence-electron chi connectivity index (χ0n) is 34.5. The fourth-order valence-electron chi connectivity index (χ4n) is 9.24. The summed E-state index contributed by atoms with van der Waals surface area (Å²) >= 11 is 0. The molecule has 2 heterocycles. The SMILES string of the molecule is COc1ccc(N(c2ccc3c(c2)Oc2cc(N(c4ccc(CO)cc4)c4c(C)cc(C)cc4CO)ccc2C32OC(=O)c3ccccc32)c2c(C)cc(C)cc2C)cc1. The lowest BCUT2D eigenvalue weighted by atomic mass is 9.77. The summed E-state index contributed by atoms with van der Waals surface area (Å²) in [5.74, 6) is 1.42. The first-order chi connectivity index (χ1) is 29.0. The van der Waals surface area contributed by atoms with Crippen molar-refractivity contribution in [1.82, 2.24) is 0 Å². The molecule has 1 unspecified atom stereocenters. The molecule has 60 heavy (non-hydrogen) atoms. The Kier molecular flexibility index (Phi) is 9.70. The number of nitrogens with zero attached hydrogens (tertiary/aromatic N) is 2. The van der Waals surface area contributed by atoms with Gasteiger partial charge in [0, 0.05) is 57.1 Å². The Bertz CT molecular complexity index is 2790. The minimum absolute atomic E-state index is 0.0823. The van der Waals surface area contributed by atoms with Gasteiger partial charge in [-0.05, 0) is 124 Å². The van der Waals surface area contributed by atoms with E-state index in [-0.39, 0.29) is 13.2 Å². The van der Waals surface area contributed by atoms with Gasteiger partial charge in [0.2, 0.25) is 0 Å². The standard InChI is InChI=1S/C52H46N2O6/c1-31-23-33(3)49(34(4)24-31)53(39-15-19-42(58-6)20-16-39)40-17-21-45-47(27-40)59-48-28-41(18-22-46(48)52(45)44-10-8-7-9-43(44)51(57)60-52)54(38-13-11-36(29-55)12-14-38)50-35(5)25-32(2)26-37(50)30-56/h7-28,55-56H,29-30H2,1-6H3. The van der Waals surface area contributed by atoms with Gasteiger partial charge in [0.15, 0.2) is 5.60 Å². The van der Waals surface area contributed by atoms with Crippen LogP contribution in [0.3, 0.4) is 0 Å². The quantitative estimate of drug-likeness (QED) is 0.140. The van der Waals surface area contributed by atoms with Crippen LogP contribution < -0.4 is 19.3 Å². The third-order valence-electron chi connectivity index (χ3n) is 11.7. The first-order valence-electron chi connectivity index (χ1n) is 20.1. The highest BCUT2D eigenvalue weighted by Crippen LogP contribution is 2.58. The summed E-state index contributed by atoms with van der Waals surface area (Å²) in [5.41, 5.74) is 13.6. The third kappa shape index (κ3) is 6.27. The van der Waals surface area contributed by atoms with E-state index in [2.05, 4.69) is 54.8 Å². The number of carbonyl (C=O) groups excluding carboxylic acids is 1. The van der Waals surface area contributed by atoms with Gasteiger partial charge in [-0.25, -0.2) is 4.79 Å². The Morgan fingerprint density at radius 2 is 1.08 bits per heavy atom. The number of anilines is 6.